The third-order valence-corrected chi connectivity index (χ3v) is 5.03. The van der Waals surface area contributed by atoms with Crippen molar-refractivity contribution in [1.82, 2.24) is 14.5 Å². The van der Waals surface area contributed by atoms with Crippen LogP contribution in [0.5, 0.6) is 0 Å². The lowest BCUT2D eigenvalue weighted by molar-refractivity contribution is 0.665. The highest BCUT2D eigenvalue weighted by molar-refractivity contribution is 7.99. The second-order valence-electron chi connectivity index (χ2n) is 6.01. The van der Waals surface area contributed by atoms with Crippen molar-refractivity contribution < 1.29 is 0 Å². The van der Waals surface area contributed by atoms with Crippen molar-refractivity contribution >= 4 is 23.4 Å². The fourth-order valence-electron chi connectivity index (χ4n) is 2.70. The number of rotatable bonds is 5. The Balaban J connectivity index is 1.97. The molecule has 0 fully saturated rings. The number of benzene rings is 1. The minimum absolute atomic E-state index is 0.384. The van der Waals surface area contributed by atoms with Crippen molar-refractivity contribution in [3.8, 4) is 0 Å². The molecule has 3 nitrogen and oxygen atoms in total. The Morgan fingerprint density at radius 1 is 1.17 bits per heavy atom. The largest absolute Gasteiger partial charge is 0.326 e. The number of nitrogens with zero attached hydrogens (tertiary/aromatic N) is 3. The van der Waals surface area contributed by atoms with Crippen LogP contribution >= 0.6 is 23.4 Å². The van der Waals surface area contributed by atoms with Gasteiger partial charge in [0.1, 0.15) is 10.9 Å². The summed E-state index contributed by atoms with van der Waals surface area (Å²) < 4.78 is 2.30. The fraction of sp³-hybridized carbons (Fsp3) is 0.263. The highest BCUT2D eigenvalue weighted by Gasteiger charge is 2.19. The second kappa shape index (κ2) is 7.41. The van der Waals surface area contributed by atoms with Gasteiger partial charge in [-0.25, -0.2) is 4.98 Å². The molecule has 0 amide bonds. The van der Waals surface area contributed by atoms with E-state index in [0.29, 0.717) is 5.92 Å². The Kier molecular flexibility index (Phi) is 5.27. The average molecular weight is 358 g/mol. The predicted molar refractivity (Wildman–Crippen MR) is 100.0 cm³/mol. The summed E-state index contributed by atoms with van der Waals surface area (Å²) in [5, 5.41) is 1.80. The maximum Gasteiger partial charge on any atom is 0.123 e. The van der Waals surface area contributed by atoms with Crippen LogP contribution in [0.15, 0.2) is 58.7 Å². The van der Waals surface area contributed by atoms with Crippen molar-refractivity contribution in [2.45, 2.75) is 43.2 Å². The van der Waals surface area contributed by atoms with Crippen molar-refractivity contribution in [3.63, 3.8) is 0 Å². The highest BCUT2D eigenvalue weighted by atomic mass is 35.5. The molecule has 0 unspecified atom stereocenters. The first-order chi connectivity index (χ1) is 11.5. The van der Waals surface area contributed by atoms with Crippen molar-refractivity contribution in [1.29, 1.82) is 0 Å². The number of aromatic nitrogens is 3. The summed E-state index contributed by atoms with van der Waals surface area (Å²) >= 11 is 7.79. The van der Waals surface area contributed by atoms with Crippen molar-refractivity contribution in [2.24, 2.45) is 0 Å². The van der Waals surface area contributed by atoms with Crippen molar-refractivity contribution in [3.05, 3.63) is 70.9 Å². The van der Waals surface area contributed by atoms with Gasteiger partial charge in [0.15, 0.2) is 0 Å². The van der Waals surface area contributed by atoms with Gasteiger partial charge in [0, 0.05) is 28.9 Å². The third kappa shape index (κ3) is 3.82. The van der Waals surface area contributed by atoms with Gasteiger partial charge < -0.3 is 4.57 Å². The molecule has 0 saturated carbocycles. The molecule has 0 aliphatic heterocycles. The molecule has 0 radical (unpaired) electrons. The van der Waals surface area contributed by atoms with Crippen LogP contribution in [0.2, 0.25) is 5.02 Å². The summed E-state index contributed by atoms with van der Waals surface area (Å²) in [5.74, 6) is 1.41. The number of aryl methyl sites for hydroxylation is 1. The SMILES string of the molecule is Cc1nc(Sc2cccc(Cl)c2)c(C(C)C)n1Cc1ccncc1. The second-order valence-corrected chi connectivity index (χ2v) is 7.50. The van der Waals surface area contributed by atoms with E-state index in [0.717, 1.165) is 27.3 Å². The smallest absolute Gasteiger partial charge is 0.123 e. The summed E-state index contributed by atoms with van der Waals surface area (Å²) in [4.78, 5) is 10.0. The average Bonchev–Trinajstić information content (AvgIpc) is 2.84. The normalized spacial score (nSPS) is 11.2. The molecule has 2 heterocycles. The first kappa shape index (κ1) is 17.1. The molecular formula is C19H20ClN3S. The quantitative estimate of drug-likeness (QED) is 0.598. The lowest BCUT2D eigenvalue weighted by Crippen LogP contribution is -2.08. The summed E-state index contributed by atoms with van der Waals surface area (Å²) in [6.07, 6.45) is 3.66. The Labute approximate surface area is 152 Å². The van der Waals surface area contributed by atoms with Gasteiger partial charge >= 0.3 is 0 Å². The number of hydrogen-bond acceptors (Lipinski definition) is 3. The summed E-state index contributed by atoms with van der Waals surface area (Å²) in [6.45, 7) is 7.29. The van der Waals surface area contributed by atoms with E-state index < -0.39 is 0 Å². The molecular weight excluding hydrogens is 338 g/mol. The van der Waals surface area contributed by atoms with Gasteiger partial charge in [-0.3, -0.25) is 4.98 Å². The summed E-state index contributed by atoms with van der Waals surface area (Å²) in [5.41, 5.74) is 2.49. The molecule has 0 bridgehead atoms. The van der Waals surface area contributed by atoms with Crippen LogP contribution in [0.3, 0.4) is 0 Å². The highest BCUT2D eigenvalue weighted by Crippen LogP contribution is 2.35. The zero-order valence-electron chi connectivity index (χ0n) is 14.0. The zero-order valence-corrected chi connectivity index (χ0v) is 15.6. The van der Waals surface area contributed by atoms with Gasteiger partial charge in [0.05, 0.1) is 5.69 Å². The molecule has 0 saturated heterocycles. The van der Waals surface area contributed by atoms with Crippen LogP contribution in [-0.2, 0) is 6.54 Å². The van der Waals surface area contributed by atoms with Crippen LogP contribution in [0.25, 0.3) is 0 Å². The lowest BCUT2D eigenvalue weighted by atomic mass is 10.1. The first-order valence-electron chi connectivity index (χ1n) is 7.94. The number of pyridine rings is 1. The molecule has 124 valence electrons. The van der Waals surface area contributed by atoms with E-state index in [9.17, 15) is 0 Å². The monoisotopic (exact) mass is 357 g/mol. The summed E-state index contributed by atoms with van der Waals surface area (Å²) in [6, 6.07) is 12.0. The van der Waals surface area contributed by atoms with Gasteiger partial charge in [-0.1, -0.05) is 43.3 Å². The number of halogens is 1. The molecule has 3 rings (SSSR count). The fourth-order valence-corrected chi connectivity index (χ4v) is 4.14. The molecule has 0 N–H and O–H groups in total. The molecule has 5 heteroatoms. The maximum absolute atomic E-state index is 6.11. The molecule has 0 atom stereocenters. The topological polar surface area (TPSA) is 30.7 Å². The number of hydrogen-bond donors (Lipinski definition) is 0. The lowest BCUT2D eigenvalue weighted by Gasteiger charge is -2.14. The third-order valence-electron chi connectivity index (χ3n) is 3.81. The molecule has 0 spiro atoms. The molecule has 24 heavy (non-hydrogen) atoms. The van der Waals surface area contributed by atoms with E-state index in [4.69, 9.17) is 16.6 Å². The molecule has 1 aromatic carbocycles. The van der Waals surface area contributed by atoms with Crippen LogP contribution in [0.4, 0.5) is 0 Å². The van der Waals surface area contributed by atoms with E-state index in [-0.39, 0.29) is 0 Å². The standard InChI is InChI=1S/C19H20ClN3S/c1-13(2)18-19(24-17-6-4-5-16(20)11-17)22-14(3)23(18)12-15-7-9-21-10-8-15/h4-11,13H,12H2,1-3H3. The van der Waals surface area contributed by atoms with Gasteiger partial charge in [0.25, 0.3) is 0 Å². The van der Waals surface area contributed by atoms with Gasteiger partial charge in [-0.15, -0.1) is 0 Å². The maximum atomic E-state index is 6.11. The van der Waals surface area contributed by atoms with Crippen molar-refractivity contribution in [2.75, 3.05) is 0 Å². The molecule has 2 aromatic heterocycles. The molecule has 0 aliphatic rings. The summed E-state index contributed by atoms with van der Waals surface area (Å²) in [7, 11) is 0. The van der Waals surface area contributed by atoms with E-state index in [2.05, 4.69) is 36.4 Å². The van der Waals surface area contributed by atoms with E-state index in [1.807, 2.05) is 42.7 Å². The van der Waals surface area contributed by atoms with Crippen LogP contribution in [0, 0.1) is 6.92 Å². The van der Waals surface area contributed by atoms with E-state index in [1.54, 1.807) is 11.8 Å². The molecule has 3 aromatic rings. The number of imidazole rings is 1. The van der Waals surface area contributed by atoms with E-state index >= 15 is 0 Å². The predicted octanol–water partition coefficient (Wildman–Crippen LogP) is 5.56. The Morgan fingerprint density at radius 3 is 2.58 bits per heavy atom. The van der Waals surface area contributed by atoms with Gasteiger partial charge in [0.2, 0.25) is 0 Å². The van der Waals surface area contributed by atoms with Crippen LogP contribution < -0.4 is 0 Å². The Hall–Kier alpha value is -1.78. The minimum Gasteiger partial charge on any atom is -0.326 e. The van der Waals surface area contributed by atoms with Crippen LogP contribution in [0.1, 0.15) is 36.8 Å². The molecule has 0 aliphatic carbocycles. The van der Waals surface area contributed by atoms with Gasteiger partial charge in [-0.05, 0) is 48.7 Å². The van der Waals surface area contributed by atoms with Crippen LogP contribution in [-0.4, -0.2) is 14.5 Å². The minimum atomic E-state index is 0.384. The Bertz CT molecular complexity index is 828. The first-order valence-corrected chi connectivity index (χ1v) is 9.13. The Morgan fingerprint density at radius 2 is 1.92 bits per heavy atom. The zero-order chi connectivity index (χ0) is 17.1. The van der Waals surface area contributed by atoms with Gasteiger partial charge in [-0.2, -0.15) is 0 Å². The van der Waals surface area contributed by atoms with E-state index in [1.165, 1.54) is 11.3 Å².